The molecule has 8 nitrogen and oxygen atoms in total. The number of amides is 2. The normalized spacial score (nSPS) is 15.7. The van der Waals surface area contributed by atoms with Crippen LogP contribution in [0.25, 0.3) is 6.08 Å². The number of rotatable bonds is 4. The van der Waals surface area contributed by atoms with Gasteiger partial charge in [-0.2, -0.15) is 0 Å². The Morgan fingerprint density at radius 3 is 2.82 bits per heavy atom. The highest BCUT2D eigenvalue weighted by Gasteiger charge is 2.26. The molecule has 0 spiro atoms. The second-order valence-electron chi connectivity index (χ2n) is 6.81. The van der Waals surface area contributed by atoms with E-state index in [0.29, 0.717) is 24.6 Å². The maximum Gasteiger partial charge on any atom is 0.242 e. The van der Waals surface area contributed by atoms with Crippen molar-refractivity contribution < 1.29 is 19.1 Å². The summed E-state index contributed by atoms with van der Waals surface area (Å²) in [6.07, 6.45) is 6.07. The van der Waals surface area contributed by atoms with Crippen molar-refractivity contribution in [2.24, 2.45) is 0 Å². The molecule has 1 aromatic heterocycles. The van der Waals surface area contributed by atoms with Gasteiger partial charge in [-0.1, -0.05) is 0 Å². The van der Waals surface area contributed by atoms with E-state index in [2.05, 4.69) is 9.97 Å². The summed E-state index contributed by atoms with van der Waals surface area (Å²) in [5, 5.41) is 0. The first-order chi connectivity index (χ1) is 13.6. The molecule has 2 amide bonds. The Bertz CT molecular complexity index is 950. The number of aromatic amines is 1. The highest BCUT2D eigenvalue weighted by atomic mass is 16.5. The van der Waals surface area contributed by atoms with E-state index in [1.807, 2.05) is 18.2 Å². The molecule has 1 N–H and O–H groups in total. The Labute approximate surface area is 162 Å². The Balaban J connectivity index is 1.49. The third-order valence-corrected chi connectivity index (χ3v) is 5.17. The SMILES string of the molecule is COc1cc2c(cc1OC)CC(=O)N(CC(=O)N1CCc3nc[nH]c3C1)C=C2. The molecule has 8 heteroatoms. The minimum Gasteiger partial charge on any atom is -0.493 e. The highest BCUT2D eigenvalue weighted by molar-refractivity contribution is 5.89. The third-order valence-electron chi connectivity index (χ3n) is 5.17. The van der Waals surface area contributed by atoms with Crippen molar-refractivity contribution >= 4 is 17.9 Å². The van der Waals surface area contributed by atoms with Gasteiger partial charge in [0.2, 0.25) is 11.8 Å². The molecule has 1 aromatic carbocycles. The standard InChI is InChI=1S/C20H22N4O4/c1-27-17-7-13-3-5-24(19(25)9-14(13)8-18(17)28-2)11-20(26)23-6-4-15-16(10-23)22-12-21-15/h3,5,7-8,12H,4,6,9-11H2,1-2H3,(H,21,22). The van der Waals surface area contributed by atoms with E-state index in [1.165, 1.54) is 4.90 Å². The fourth-order valence-electron chi connectivity index (χ4n) is 3.57. The van der Waals surface area contributed by atoms with Crippen LogP contribution in [0.1, 0.15) is 22.5 Å². The molecule has 0 atom stereocenters. The van der Waals surface area contributed by atoms with Gasteiger partial charge >= 0.3 is 0 Å². The van der Waals surface area contributed by atoms with Crippen LogP contribution < -0.4 is 9.47 Å². The number of ether oxygens (including phenoxy) is 2. The summed E-state index contributed by atoms with van der Waals surface area (Å²) in [6, 6.07) is 3.65. The monoisotopic (exact) mass is 382 g/mol. The lowest BCUT2D eigenvalue weighted by Gasteiger charge is -2.28. The van der Waals surface area contributed by atoms with E-state index in [-0.39, 0.29) is 24.8 Å². The smallest absolute Gasteiger partial charge is 0.242 e. The van der Waals surface area contributed by atoms with Crippen LogP contribution in [0.2, 0.25) is 0 Å². The van der Waals surface area contributed by atoms with E-state index in [1.54, 1.807) is 31.6 Å². The van der Waals surface area contributed by atoms with Gasteiger partial charge in [-0.15, -0.1) is 0 Å². The van der Waals surface area contributed by atoms with Crippen molar-refractivity contribution in [2.75, 3.05) is 27.3 Å². The summed E-state index contributed by atoms with van der Waals surface area (Å²) in [6.45, 7) is 1.12. The predicted molar refractivity (Wildman–Crippen MR) is 102 cm³/mol. The van der Waals surface area contributed by atoms with Gasteiger partial charge in [0, 0.05) is 19.2 Å². The zero-order valence-corrected chi connectivity index (χ0v) is 15.9. The number of nitrogens with zero attached hydrogens (tertiary/aromatic N) is 3. The molecule has 0 radical (unpaired) electrons. The van der Waals surface area contributed by atoms with Crippen molar-refractivity contribution in [3.63, 3.8) is 0 Å². The predicted octanol–water partition coefficient (Wildman–Crippen LogP) is 1.37. The molecular formula is C20H22N4O4. The highest BCUT2D eigenvalue weighted by Crippen LogP contribution is 2.32. The molecule has 0 fully saturated rings. The third kappa shape index (κ3) is 3.33. The zero-order valence-electron chi connectivity index (χ0n) is 15.9. The van der Waals surface area contributed by atoms with E-state index in [9.17, 15) is 9.59 Å². The number of fused-ring (bicyclic) bond motifs is 2. The Hall–Kier alpha value is -3.29. The van der Waals surface area contributed by atoms with Crippen LogP contribution in [0.4, 0.5) is 0 Å². The number of carbonyl (C=O) groups excluding carboxylic acids is 2. The minimum absolute atomic E-state index is 0.0149. The van der Waals surface area contributed by atoms with Gasteiger partial charge in [0.15, 0.2) is 11.5 Å². The van der Waals surface area contributed by atoms with Crippen LogP contribution in [0.15, 0.2) is 24.7 Å². The van der Waals surface area contributed by atoms with Crippen molar-refractivity contribution in [3.05, 3.63) is 47.2 Å². The van der Waals surface area contributed by atoms with Gasteiger partial charge in [0.05, 0.1) is 44.9 Å². The molecule has 3 heterocycles. The lowest BCUT2D eigenvalue weighted by molar-refractivity contribution is -0.138. The van der Waals surface area contributed by atoms with E-state index in [0.717, 1.165) is 28.9 Å². The Morgan fingerprint density at radius 2 is 2.04 bits per heavy atom. The maximum atomic E-state index is 12.8. The van der Waals surface area contributed by atoms with Crippen molar-refractivity contribution in [1.29, 1.82) is 0 Å². The number of imidazole rings is 1. The summed E-state index contributed by atoms with van der Waals surface area (Å²) in [7, 11) is 3.14. The number of hydrogen-bond donors (Lipinski definition) is 1. The molecule has 28 heavy (non-hydrogen) atoms. The molecule has 0 saturated carbocycles. The van der Waals surface area contributed by atoms with Crippen LogP contribution >= 0.6 is 0 Å². The van der Waals surface area contributed by atoms with Crippen molar-refractivity contribution in [2.45, 2.75) is 19.4 Å². The first-order valence-corrected chi connectivity index (χ1v) is 9.10. The number of aromatic nitrogens is 2. The molecule has 2 aromatic rings. The average molecular weight is 382 g/mol. The maximum absolute atomic E-state index is 12.8. The summed E-state index contributed by atoms with van der Waals surface area (Å²) in [5.41, 5.74) is 3.69. The van der Waals surface area contributed by atoms with Crippen LogP contribution in [0, 0.1) is 0 Å². The van der Waals surface area contributed by atoms with Gasteiger partial charge in [0.25, 0.3) is 0 Å². The van der Waals surface area contributed by atoms with Gasteiger partial charge < -0.3 is 24.3 Å². The zero-order chi connectivity index (χ0) is 19.7. The molecule has 0 bridgehead atoms. The van der Waals surface area contributed by atoms with Gasteiger partial charge in [-0.3, -0.25) is 9.59 Å². The second-order valence-corrected chi connectivity index (χ2v) is 6.81. The number of nitrogens with one attached hydrogen (secondary N) is 1. The first kappa shape index (κ1) is 18.1. The molecular weight excluding hydrogens is 360 g/mol. The van der Waals surface area contributed by atoms with Gasteiger partial charge in [0.1, 0.15) is 6.54 Å². The van der Waals surface area contributed by atoms with Crippen LogP contribution in [0.3, 0.4) is 0 Å². The van der Waals surface area contributed by atoms with Crippen LogP contribution in [-0.4, -0.2) is 58.9 Å². The topological polar surface area (TPSA) is 87.8 Å². The van der Waals surface area contributed by atoms with Gasteiger partial charge in [-0.05, 0) is 29.3 Å². The quantitative estimate of drug-likeness (QED) is 0.863. The molecule has 0 saturated heterocycles. The fourth-order valence-corrected chi connectivity index (χ4v) is 3.57. The van der Waals surface area contributed by atoms with E-state index >= 15 is 0 Å². The minimum atomic E-state index is -0.130. The lowest BCUT2D eigenvalue weighted by atomic mass is 10.0. The first-order valence-electron chi connectivity index (χ1n) is 9.10. The molecule has 0 unspecified atom stereocenters. The second kappa shape index (κ2) is 7.38. The fraction of sp³-hybridized carbons (Fsp3) is 0.350. The number of methoxy groups -OCH3 is 2. The molecule has 2 aliphatic heterocycles. The summed E-state index contributed by atoms with van der Waals surface area (Å²) < 4.78 is 10.7. The summed E-state index contributed by atoms with van der Waals surface area (Å²) in [4.78, 5) is 36.0. The summed E-state index contributed by atoms with van der Waals surface area (Å²) in [5.74, 6) is 0.969. The van der Waals surface area contributed by atoms with Crippen LogP contribution in [0.5, 0.6) is 11.5 Å². The molecule has 2 aliphatic rings. The van der Waals surface area contributed by atoms with Gasteiger partial charge in [-0.25, -0.2) is 4.98 Å². The number of hydrogen-bond acceptors (Lipinski definition) is 5. The number of H-pyrrole nitrogens is 1. The molecule has 146 valence electrons. The molecule has 4 rings (SSSR count). The van der Waals surface area contributed by atoms with Crippen molar-refractivity contribution in [3.8, 4) is 11.5 Å². The van der Waals surface area contributed by atoms with E-state index < -0.39 is 0 Å². The van der Waals surface area contributed by atoms with Crippen LogP contribution in [-0.2, 0) is 29.0 Å². The summed E-state index contributed by atoms with van der Waals surface area (Å²) >= 11 is 0. The lowest BCUT2D eigenvalue weighted by Crippen LogP contribution is -2.43. The number of carbonyl (C=O) groups is 2. The Morgan fingerprint density at radius 1 is 1.25 bits per heavy atom. The number of benzene rings is 1. The van der Waals surface area contributed by atoms with E-state index in [4.69, 9.17) is 9.47 Å². The van der Waals surface area contributed by atoms with Crippen molar-refractivity contribution in [1.82, 2.24) is 19.8 Å². The largest absolute Gasteiger partial charge is 0.493 e. The average Bonchev–Trinajstić information content (AvgIpc) is 3.12. The molecule has 0 aliphatic carbocycles. The Kier molecular flexibility index (Phi) is 4.77.